The van der Waals surface area contributed by atoms with Gasteiger partial charge in [0, 0.05) is 29.4 Å². The van der Waals surface area contributed by atoms with Crippen molar-refractivity contribution >= 4 is 17.3 Å². The molecule has 1 aliphatic carbocycles. The number of fused-ring (bicyclic) bond motifs is 1. The third-order valence-corrected chi connectivity index (χ3v) is 4.31. The summed E-state index contributed by atoms with van der Waals surface area (Å²) >= 11 is 6.25. The predicted molar refractivity (Wildman–Crippen MR) is 96.9 cm³/mol. The Bertz CT molecular complexity index is 589. The van der Waals surface area contributed by atoms with Crippen LogP contribution in [-0.2, 0) is 6.42 Å². The zero-order valence-corrected chi connectivity index (χ0v) is 14.3. The first-order valence-corrected chi connectivity index (χ1v) is 8.29. The normalized spacial score (nSPS) is 17.3. The molecule has 0 saturated heterocycles. The second kappa shape index (κ2) is 7.55. The van der Waals surface area contributed by atoms with Gasteiger partial charge in [-0.2, -0.15) is 0 Å². The fourth-order valence-electron chi connectivity index (χ4n) is 2.96. The Balaban J connectivity index is 2.53. The van der Waals surface area contributed by atoms with Crippen molar-refractivity contribution in [1.82, 2.24) is 10.2 Å². The molecule has 0 fully saturated rings. The third-order valence-electron chi connectivity index (χ3n) is 4.08. The summed E-state index contributed by atoms with van der Waals surface area (Å²) in [5, 5.41) is 4.08. The summed E-state index contributed by atoms with van der Waals surface area (Å²) in [5.41, 5.74) is 4.82. The Morgan fingerprint density at radius 3 is 2.82 bits per heavy atom. The van der Waals surface area contributed by atoms with E-state index in [0.29, 0.717) is 0 Å². The minimum atomic E-state index is 0.176. The molecule has 0 aromatic heterocycles. The number of halogens is 1. The van der Waals surface area contributed by atoms with Crippen molar-refractivity contribution < 1.29 is 0 Å². The molecule has 1 aromatic rings. The Morgan fingerprint density at radius 2 is 2.18 bits per heavy atom. The summed E-state index contributed by atoms with van der Waals surface area (Å²) in [7, 11) is 0. The number of rotatable bonds is 6. The number of nitrogens with zero attached hydrogens (tertiary/aromatic N) is 1. The summed E-state index contributed by atoms with van der Waals surface area (Å²) in [6.45, 7) is 14.4. The van der Waals surface area contributed by atoms with Crippen molar-refractivity contribution in [2.24, 2.45) is 0 Å². The summed E-state index contributed by atoms with van der Waals surface area (Å²) in [6.07, 6.45) is 5.94. The van der Waals surface area contributed by atoms with Crippen LogP contribution in [0.25, 0.3) is 5.70 Å². The molecule has 0 spiro atoms. The molecular formula is C19H25ClN2. The van der Waals surface area contributed by atoms with Crippen molar-refractivity contribution in [1.29, 1.82) is 0 Å². The smallest absolute Gasteiger partial charge is 0.0543 e. The molecule has 22 heavy (non-hydrogen) atoms. The van der Waals surface area contributed by atoms with Gasteiger partial charge in [-0.15, -0.1) is 0 Å². The molecule has 2 nitrogen and oxygen atoms in total. The largest absolute Gasteiger partial charge is 0.384 e. The number of benzene rings is 1. The molecule has 3 heteroatoms. The fraction of sp³-hybridized carbons (Fsp3) is 0.368. The maximum atomic E-state index is 6.25. The molecule has 1 N–H and O–H groups in total. The van der Waals surface area contributed by atoms with Crippen LogP contribution in [0.3, 0.4) is 0 Å². The first-order chi connectivity index (χ1) is 10.6. The van der Waals surface area contributed by atoms with Crippen molar-refractivity contribution in [3.63, 3.8) is 0 Å². The Kier molecular flexibility index (Phi) is 5.73. The highest BCUT2D eigenvalue weighted by molar-refractivity contribution is 6.30. The molecule has 0 saturated carbocycles. The third kappa shape index (κ3) is 3.56. The van der Waals surface area contributed by atoms with Crippen LogP contribution < -0.4 is 5.32 Å². The molecular weight excluding hydrogens is 292 g/mol. The zero-order valence-electron chi connectivity index (χ0n) is 13.5. The summed E-state index contributed by atoms with van der Waals surface area (Å²) in [6, 6.07) is 6.34. The average Bonchev–Trinajstić information content (AvgIpc) is 2.63. The van der Waals surface area contributed by atoms with Gasteiger partial charge in [-0.05, 0) is 55.3 Å². The second-order valence-electron chi connectivity index (χ2n) is 5.61. The molecule has 1 aliphatic rings. The van der Waals surface area contributed by atoms with Crippen LogP contribution in [0.1, 0.15) is 31.4 Å². The highest BCUT2D eigenvalue weighted by atomic mass is 35.5. The lowest BCUT2D eigenvalue weighted by molar-refractivity contribution is 0.417. The van der Waals surface area contributed by atoms with E-state index in [1.807, 2.05) is 6.07 Å². The summed E-state index contributed by atoms with van der Waals surface area (Å²) in [5.74, 6) is 0. The molecule has 1 atom stereocenters. The molecule has 0 aliphatic heterocycles. The monoisotopic (exact) mass is 316 g/mol. The summed E-state index contributed by atoms with van der Waals surface area (Å²) < 4.78 is 0. The van der Waals surface area contributed by atoms with Crippen molar-refractivity contribution in [3.05, 3.63) is 65.4 Å². The van der Waals surface area contributed by atoms with Gasteiger partial charge in [-0.25, -0.2) is 0 Å². The first-order valence-electron chi connectivity index (χ1n) is 7.91. The maximum absolute atomic E-state index is 6.25. The van der Waals surface area contributed by atoms with Gasteiger partial charge in [0.15, 0.2) is 0 Å². The van der Waals surface area contributed by atoms with Gasteiger partial charge in [0.1, 0.15) is 0 Å². The lowest BCUT2D eigenvalue weighted by Gasteiger charge is -2.27. The highest BCUT2D eigenvalue weighted by Crippen LogP contribution is 2.32. The lowest BCUT2D eigenvalue weighted by Crippen LogP contribution is -2.27. The molecule has 118 valence electrons. The van der Waals surface area contributed by atoms with Crippen LogP contribution in [0.15, 0.2) is 49.2 Å². The number of hydrogen-bond acceptors (Lipinski definition) is 2. The second-order valence-corrected chi connectivity index (χ2v) is 6.05. The van der Waals surface area contributed by atoms with E-state index in [1.165, 1.54) is 16.8 Å². The predicted octanol–water partition coefficient (Wildman–Crippen LogP) is 4.63. The van der Waals surface area contributed by atoms with E-state index in [4.69, 9.17) is 11.6 Å². The van der Waals surface area contributed by atoms with Crippen LogP contribution in [0.2, 0.25) is 5.02 Å². The van der Waals surface area contributed by atoms with Crippen LogP contribution in [0, 0.1) is 0 Å². The molecule has 0 bridgehead atoms. The first kappa shape index (κ1) is 16.7. The molecule has 0 radical (unpaired) electrons. The van der Waals surface area contributed by atoms with E-state index < -0.39 is 0 Å². The minimum Gasteiger partial charge on any atom is -0.384 e. The molecule has 2 rings (SSSR count). The fourth-order valence-corrected chi connectivity index (χ4v) is 3.13. The van der Waals surface area contributed by atoms with Crippen LogP contribution >= 0.6 is 11.6 Å². The van der Waals surface area contributed by atoms with E-state index in [-0.39, 0.29) is 6.04 Å². The number of hydrogen-bond donors (Lipinski definition) is 1. The SMILES string of the molecule is C=CNC1Cc2ccc(Cl)cc2C(N(CC)CCC)=CC1=C. The highest BCUT2D eigenvalue weighted by Gasteiger charge is 2.22. The van der Waals surface area contributed by atoms with Crippen LogP contribution in [0.4, 0.5) is 0 Å². The van der Waals surface area contributed by atoms with Gasteiger partial charge in [0.2, 0.25) is 0 Å². The van der Waals surface area contributed by atoms with E-state index in [9.17, 15) is 0 Å². The van der Waals surface area contributed by atoms with Gasteiger partial charge in [0.05, 0.1) is 6.04 Å². The molecule has 1 unspecified atom stereocenters. The van der Waals surface area contributed by atoms with Crippen LogP contribution in [0.5, 0.6) is 0 Å². The summed E-state index contributed by atoms with van der Waals surface area (Å²) in [4.78, 5) is 2.40. The standard InChI is InChI=1S/C19H25ClN2/c1-5-10-22(7-3)19-11-14(4)18(21-6-2)12-15-8-9-16(20)13-17(15)19/h6,8-9,11,13,18,21H,2,4-5,7,10,12H2,1,3H3. The van der Waals surface area contributed by atoms with Gasteiger partial charge < -0.3 is 10.2 Å². The lowest BCUT2D eigenvalue weighted by atomic mass is 9.99. The van der Waals surface area contributed by atoms with Crippen molar-refractivity contribution in [2.75, 3.05) is 13.1 Å². The minimum absolute atomic E-state index is 0.176. The van der Waals surface area contributed by atoms with Crippen molar-refractivity contribution in [2.45, 2.75) is 32.7 Å². The van der Waals surface area contributed by atoms with Gasteiger partial charge in [-0.3, -0.25) is 0 Å². The Morgan fingerprint density at radius 1 is 1.41 bits per heavy atom. The topological polar surface area (TPSA) is 15.3 Å². The molecule has 1 aromatic carbocycles. The van der Waals surface area contributed by atoms with E-state index in [0.717, 1.165) is 36.5 Å². The Hall–Kier alpha value is -1.67. The maximum Gasteiger partial charge on any atom is 0.0543 e. The van der Waals surface area contributed by atoms with E-state index in [1.54, 1.807) is 6.20 Å². The number of nitrogens with one attached hydrogen (secondary N) is 1. The van der Waals surface area contributed by atoms with Gasteiger partial charge >= 0.3 is 0 Å². The quantitative estimate of drug-likeness (QED) is 0.823. The van der Waals surface area contributed by atoms with E-state index >= 15 is 0 Å². The van der Waals surface area contributed by atoms with Crippen molar-refractivity contribution in [3.8, 4) is 0 Å². The average molecular weight is 317 g/mol. The molecule has 0 heterocycles. The Labute approximate surface area is 139 Å². The van der Waals surface area contributed by atoms with E-state index in [2.05, 4.69) is 55.4 Å². The zero-order chi connectivity index (χ0) is 16.1. The van der Waals surface area contributed by atoms with Gasteiger partial charge in [-0.1, -0.05) is 37.7 Å². The van der Waals surface area contributed by atoms with Gasteiger partial charge in [0.25, 0.3) is 0 Å². The molecule has 0 amide bonds. The van der Waals surface area contributed by atoms with Crippen LogP contribution in [-0.4, -0.2) is 24.0 Å².